The van der Waals surface area contributed by atoms with Gasteiger partial charge in [0, 0.05) is 0 Å². The van der Waals surface area contributed by atoms with Crippen molar-refractivity contribution in [3.63, 3.8) is 0 Å². The molecule has 0 fully saturated rings. The molecule has 1 aliphatic carbocycles. The highest BCUT2D eigenvalue weighted by Crippen LogP contribution is 2.20. The van der Waals surface area contributed by atoms with Crippen molar-refractivity contribution in [1.29, 1.82) is 0 Å². The van der Waals surface area contributed by atoms with E-state index in [9.17, 15) is 5.11 Å². The van der Waals surface area contributed by atoms with Crippen molar-refractivity contribution < 1.29 is 5.11 Å². The van der Waals surface area contributed by atoms with Crippen LogP contribution in [-0.2, 0) is 0 Å². The van der Waals surface area contributed by atoms with Crippen LogP contribution in [0.4, 0.5) is 0 Å². The molecule has 0 aliphatic heterocycles. The zero-order valence-electron chi connectivity index (χ0n) is 5.22. The van der Waals surface area contributed by atoms with Gasteiger partial charge in [-0.2, -0.15) is 0 Å². The van der Waals surface area contributed by atoms with Crippen LogP contribution < -0.4 is 0 Å². The average molecular weight is 112 g/mol. The van der Waals surface area contributed by atoms with Gasteiger partial charge in [-0.1, -0.05) is 12.2 Å². The molecule has 0 aromatic heterocycles. The molecular weight excluding hydrogens is 100 g/mol. The zero-order valence-corrected chi connectivity index (χ0v) is 5.22. The first-order valence-corrected chi connectivity index (χ1v) is 3.11. The number of hydrogen-bond acceptors (Lipinski definition) is 1. The molecule has 1 aliphatic rings. The lowest BCUT2D eigenvalue weighted by atomic mass is 9.93. The topological polar surface area (TPSA) is 20.2 Å². The Morgan fingerprint density at radius 3 is 2.62 bits per heavy atom. The van der Waals surface area contributed by atoms with E-state index >= 15 is 0 Å². The van der Waals surface area contributed by atoms with Gasteiger partial charge in [0.2, 0.25) is 0 Å². The predicted molar refractivity (Wildman–Crippen MR) is 33.6 cm³/mol. The summed E-state index contributed by atoms with van der Waals surface area (Å²) in [6.07, 6.45) is 7.11. The third-order valence-electron chi connectivity index (χ3n) is 1.53. The third kappa shape index (κ3) is 1.34. The van der Waals surface area contributed by atoms with Crippen LogP contribution in [0, 0.1) is 0 Å². The molecule has 8 heavy (non-hydrogen) atoms. The summed E-state index contributed by atoms with van der Waals surface area (Å²) in [5, 5.41) is 9.29. The molecule has 0 amide bonds. The summed E-state index contributed by atoms with van der Waals surface area (Å²) in [6, 6.07) is 0. The maximum Gasteiger partial charge on any atom is 0.0799 e. The molecular formula is C7H12O. The first-order chi connectivity index (χ1) is 3.71. The van der Waals surface area contributed by atoms with Crippen LogP contribution in [0.2, 0.25) is 0 Å². The molecule has 0 radical (unpaired) electrons. The molecule has 0 saturated carbocycles. The Morgan fingerprint density at radius 1 is 1.62 bits per heavy atom. The Bertz CT molecular complexity index is 103. The van der Waals surface area contributed by atoms with Gasteiger partial charge in [0.05, 0.1) is 5.60 Å². The van der Waals surface area contributed by atoms with Crippen LogP contribution in [0.3, 0.4) is 0 Å². The highest BCUT2D eigenvalue weighted by atomic mass is 16.3. The van der Waals surface area contributed by atoms with Gasteiger partial charge in [-0.3, -0.25) is 0 Å². The standard InChI is InChI=1S/C7H12O/c1-7(8)5-3-2-4-6-7/h3,5,8H,2,4,6H2,1H3. The van der Waals surface area contributed by atoms with E-state index in [4.69, 9.17) is 0 Å². The summed E-state index contributed by atoms with van der Waals surface area (Å²) in [7, 11) is 0. The zero-order chi connectivity index (χ0) is 6.04. The monoisotopic (exact) mass is 112 g/mol. The van der Waals surface area contributed by atoms with Gasteiger partial charge < -0.3 is 5.11 Å². The van der Waals surface area contributed by atoms with E-state index in [1.807, 2.05) is 19.1 Å². The van der Waals surface area contributed by atoms with E-state index in [0.717, 1.165) is 19.3 Å². The molecule has 0 spiro atoms. The van der Waals surface area contributed by atoms with Crippen molar-refractivity contribution >= 4 is 0 Å². The second kappa shape index (κ2) is 1.90. The van der Waals surface area contributed by atoms with Crippen LogP contribution in [0.1, 0.15) is 26.2 Å². The van der Waals surface area contributed by atoms with Crippen molar-refractivity contribution in [3.8, 4) is 0 Å². The lowest BCUT2D eigenvalue weighted by molar-refractivity contribution is 0.0948. The van der Waals surface area contributed by atoms with Crippen molar-refractivity contribution in [3.05, 3.63) is 12.2 Å². The van der Waals surface area contributed by atoms with Gasteiger partial charge in [-0.25, -0.2) is 0 Å². The normalized spacial score (nSPS) is 37.8. The molecule has 1 nitrogen and oxygen atoms in total. The first kappa shape index (κ1) is 5.83. The summed E-state index contributed by atoms with van der Waals surface area (Å²) < 4.78 is 0. The highest BCUT2D eigenvalue weighted by molar-refractivity contribution is 5.01. The Labute approximate surface area is 50.0 Å². The quantitative estimate of drug-likeness (QED) is 0.470. The van der Waals surface area contributed by atoms with E-state index in [1.54, 1.807) is 0 Å². The van der Waals surface area contributed by atoms with Gasteiger partial charge in [0.1, 0.15) is 0 Å². The number of allylic oxidation sites excluding steroid dienone is 1. The molecule has 0 aromatic rings. The van der Waals surface area contributed by atoms with Crippen LogP contribution in [-0.4, -0.2) is 10.7 Å². The second-order valence-corrected chi connectivity index (χ2v) is 2.65. The maximum absolute atomic E-state index is 9.29. The molecule has 0 saturated heterocycles. The minimum atomic E-state index is -0.502. The smallest absolute Gasteiger partial charge is 0.0799 e. The molecule has 1 atom stereocenters. The first-order valence-electron chi connectivity index (χ1n) is 3.11. The highest BCUT2D eigenvalue weighted by Gasteiger charge is 2.17. The Morgan fingerprint density at radius 2 is 2.38 bits per heavy atom. The van der Waals surface area contributed by atoms with Crippen molar-refractivity contribution in [2.24, 2.45) is 0 Å². The number of aliphatic hydroxyl groups is 1. The number of rotatable bonds is 0. The fourth-order valence-electron chi connectivity index (χ4n) is 0.998. The fraction of sp³-hybridized carbons (Fsp3) is 0.714. The van der Waals surface area contributed by atoms with E-state index in [-0.39, 0.29) is 0 Å². The Kier molecular flexibility index (Phi) is 1.39. The van der Waals surface area contributed by atoms with E-state index in [0.29, 0.717) is 0 Å². The molecule has 1 rings (SSSR count). The second-order valence-electron chi connectivity index (χ2n) is 2.65. The van der Waals surface area contributed by atoms with Crippen molar-refractivity contribution in [1.82, 2.24) is 0 Å². The molecule has 0 aromatic carbocycles. The van der Waals surface area contributed by atoms with Gasteiger partial charge in [-0.05, 0) is 26.2 Å². The van der Waals surface area contributed by atoms with E-state index < -0.39 is 5.60 Å². The summed E-state index contributed by atoms with van der Waals surface area (Å²) in [5.74, 6) is 0. The van der Waals surface area contributed by atoms with Crippen LogP contribution in [0.5, 0.6) is 0 Å². The van der Waals surface area contributed by atoms with Crippen molar-refractivity contribution in [2.75, 3.05) is 0 Å². The van der Waals surface area contributed by atoms with Gasteiger partial charge in [0.25, 0.3) is 0 Å². The van der Waals surface area contributed by atoms with Crippen LogP contribution >= 0.6 is 0 Å². The molecule has 46 valence electrons. The van der Waals surface area contributed by atoms with Gasteiger partial charge in [-0.15, -0.1) is 0 Å². The van der Waals surface area contributed by atoms with Gasteiger partial charge in [0.15, 0.2) is 0 Å². The van der Waals surface area contributed by atoms with Crippen LogP contribution in [0.15, 0.2) is 12.2 Å². The summed E-state index contributed by atoms with van der Waals surface area (Å²) in [5.41, 5.74) is -0.502. The molecule has 0 bridgehead atoms. The average Bonchev–Trinajstić information content (AvgIpc) is 1.65. The summed E-state index contributed by atoms with van der Waals surface area (Å²) in [6.45, 7) is 1.85. The van der Waals surface area contributed by atoms with Gasteiger partial charge >= 0.3 is 0 Å². The SMILES string of the molecule is CC1(O)C=CCCC1. The number of hydrogen-bond donors (Lipinski definition) is 1. The minimum Gasteiger partial charge on any atom is -0.386 e. The minimum absolute atomic E-state index is 0.502. The maximum atomic E-state index is 9.29. The van der Waals surface area contributed by atoms with Crippen molar-refractivity contribution in [2.45, 2.75) is 31.8 Å². The molecule has 0 heterocycles. The van der Waals surface area contributed by atoms with E-state index in [1.165, 1.54) is 0 Å². The third-order valence-corrected chi connectivity index (χ3v) is 1.53. The Balaban J connectivity index is 2.56. The fourth-order valence-corrected chi connectivity index (χ4v) is 0.998. The Hall–Kier alpha value is -0.300. The predicted octanol–water partition coefficient (Wildman–Crippen LogP) is 1.48. The lowest BCUT2D eigenvalue weighted by Gasteiger charge is -2.21. The largest absolute Gasteiger partial charge is 0.386 e. The molecule has 1 N–H and O–H groups in total. The molecule has 1 heteroatoms. The molecule has 1 unspecified atom stereocenters. The lowest BCUT2D eigenvalue weighted by Crippen LogP contribution is -2.22. The summed E-state index contributed by atoms with van der Waals surface area (Å²) >= 11 is 0. The summed E-state index contributed by atoms with van der Waals surface area (Å²) in [4.78, 5) is 0. The van der Waals surface area contributed by atoms with Crippen LogP contribution in [0.25, 0.3) is 0 Å². The van der Waals surface area contributed by atoms with E-state index in [2.05, 4.69) is 0 Å².